The van der Waals surface area contributed by atoms with Crippen molar-refractivity contribution < 1.29 is 4.74 Å². The van der Waals surface area contributed by atoms with Crippen molar-refractivity contribution in [2.75, 3.05) is 0 Å². The molecule has 112 valence electrons. The highest BCUT2D eigenvalue weighted by Gasteiger charge is 2.21. The third-order valence-corrected chi connectivity index (χ3v) is 4.27. The van der Waals surface area contributed by atoms with Gasteiger partial charge in [-0.2, -0.15) is 0 Å². The summed E-state index contributed by atoms with van der Waals surface area (Å²) in [6.45, 7) is 6.28. The summed E-state index contributed by atoms with van der Waals surface area (Å²) in [6, 6.07) is 14.3. The zero-order chi connectivity index (χ0) is 15.4. The van der Waals surface area contributed by atoms with Crippen LogP contribution in [0.15, 0.2) is 46.9 Å². The van der Waals surface area contributed by atoms with E-state index >= 15 is 0 Å². The van der Waals surface area contributed by atoms with Crippen molar-refractivity contribution in [1.82, 2.24) is 0 Å². The second-order valence-corrected chi connectivity index (χ2v) is 6.33. The molecule has 2 aromatic rings. The number of aryl methyl sites for hydroxylation is 2. The molecular formula is C18H22BrNO. The molecule has 3 heteroatoms. The molecule has 2 aromatic carbocycles. The Labute approximate surface area is 135 Å². The van der Waals surface area contributed by atoms with Crippen LogP contribution in [0.4, 0.5) is 0 Å². The molecule has 2 rings (SSSR count). The van der Waals surface area contributed by atoms with Gasteiger partial charge >= 0.3 is 0 Å². The average molecular weight is 348 g/mol. The van der Waals surface area contributed by atoms with Gasteiger partial charge in [-0.05, 0) is 61.2 Å². The number of rotatable bonds is 5. The smallest absolute Gasteiger partial charge is 0.139 e. The largest absolute Gasteiger partial charge is 0.484 e. The van der Waals surface area contributed by atoms with Gasteiger partial charge in [0.1, 0.15) is 11.9 Å². The van der Waals surface area contributed by atoms with E-state index in [-0.39, 0.29) is 12.1 Å². The lowest BCUT2D eigenvalue weighted by Crippen LogP contribution is -2.31. The van der Waals surface area contributed by atoms with Gasteiger partial charge in [0.15, 0.2) is 0 Å². The normalized spacial score (nSPS) is 13.8. The third kappa shape index (κ3) is 4.08. The molecule has 2 nitrogen and oxygen atoms in total. The Hall–Kier alpha value is -1.32. The summed E-state index contributed by atoms with van der Waals surface area (Å²) in [5.41, 5.74) is 9.86. The van der Waals surface area contributed by atoms with Crippen LogP contribution in [0.3, 0.4) is 0 Å². The Kier molecular flexibility index (Phi) is 5.43. The number of ether oxygens (including phenoxy) is 1. The molecule has 0 aliphatic carbocycles. The van der Waals surface area contributed by atoms with Crippen LogP contribution in [0.5, 0.6) is 5.75 Å². The van der Waals surface area contributed by atoms with E-state index in [0.29, 0.717) is 0 Å². The fourth-order valence-corrected chi connectivity index (χ4v) is 2.65. The molecule has 2 atom stereocenters. The van der Waals surface area contributed by atoms with Crippen LogP contribution in [0.2, 0.25) is 0 Å². The molecular weight excluding hydrogens is 326 g/mol. The van der Waals surface area contributed by atoms with Crippen LogP contribution < -0.4 is 10.5 Å². The van der Waals surface area contributed by atoms with E-state index in [1.807, 2.05) is 18.2 Å². The summed E-state index contributed by atoms with van der Waals surface area (Å²) >= 11 is 3.51. The summed E-state index contributed by atoms with van der Waals surface area (Å²) in [6.07, 6.45) is 0.719. The molecule has 0 heterocycles. The number of benzene rings is 2. The molecule has 21 heavy (non-hydrogen) atoms. The Morgan fingerprint density at radius 3 is 2.48 bits per heavy atom. The highest BCUT2D eigenvalue weighted by molar-refractivity contribution is 9.10. The quantitative estimate of drug-likeness (QED) is 0.832. The van der Waals surface area contributed by atoms with Gasteiger partial charge < -0.3 is 10.5 Å². The third-order valence-electron chi connectivity index (χ3n) is 3.78. The van der Waals surface area contributed by atoms with Crippen molar-refractivity contribution in [3.8, 4) is 5.75 Å². The fraction of sp³-hybridized carbons (Fsp3) is 0.333. The van der Waals surface area contributed by atoms with E-state index in [9.17, 15) is 0 Å². The second-order valence-electron chi connectivity index (χ2n) is 5.41. The lowest BCUT2D eigenvalue weighted by atomic mass is 10.0. The molecule has 0 radical (unpaired) electrons. The predicted octanol–water partition coefficient (Wildman–Crippen LogP) is 4.92. The maximum atomic E-state index is 6.27. The number of hydrogen-bond donors (Lipinski definition) is 1. The average Bonchev–Trinajstić information content (AvgIpc) is 2.47. The summed E-state index contributed by atoms with van der Waals surface area (Å²) < 4.78 is 7.24. The van der Waals surface area contributed by atoms with Crippen LogP contribution in [-0.4, -0.2) is 6.04 Å². The first-order valence-electron chi connectivity index (χ1n) is 7.26. The van der Waals surface area contributed by atoms with E-state index in [0.717, 1.165) is 22.2 Å². The van der Waals surface area contributed by atoms with Crippen LogP contribution >= 0.6 is 15.9 Å². The second kappa shape index (κ2) is 7.10. The lowest BCUT2D eigenvalue weighted by molar-refractivity contribution is 0.171. The molecule has 0 saturated carbocycles. The first-order valence-corrected chi connectivity index (χ1v) is 8.05. The predicted molar refractivity (Wildman–Crippen MR) is 91.7 cm³/mol. The van der Waals surface area contributed by atoms with Crippen LogP contribution in [0.25, 0.3) is 0 Å². The van der Waals surface area contributed by atoms with Gasteiger partial charge in [-0.3, -0.25) is 0 Å². The standard InChI is InChI=1S/C18H22BrNO/c1-4-17(20)18(14-6-5-7-15(19)11-14)21-16-9-8-12(2)13(3)10-16/h5-11,17-18H,4,20H2,1-3H3. The number of nitrogens with two attached hydrogens (primary N) is 1. The molecule has 0 aliphatic heterocycles. The minimum Gasteiger partial charge on any atom is -0.484 e. The molecule has 0 bridgehead atoms. The molecule has 0 fully saturated rings. The van der Waals surface area contributed by atoms with Crippen molar-refractivity contribution in [2.45, 2.75) is 39.3 Å². The van der Waals surface area contributed by atoms with Crippen molar-refractivity contribution in [2.24, 2.45) is 5.73 Å². The molecule has 0 amide bonds. The lowest BCUT2D eigenvalue weighted by Gasteiger charge is -2.25. The highest BCUT2D eigenvalue weighted by Crippen LogP contribution is 2.28. The Bertz CT molecular complexity index is 612. The monoisotopic (exact) mass is 347 g/mol. The minimum atomic E-state index is -0.144. The summed E-state index contributed by atoms with van der Waals surface area (Å²) in [4.78, 5) is 0. The van der Waals surface area contributed by atoms with Crippen LogP contribution in [-0.2, 0) is 0 Å². The topological polar surface area (TPSA) is 35.2 Å². The number of hydrogen-bond acceptors (Lipinski definition) is 2. The highest BCUT2D eigenvalue weighted by atomic mass is 79.9. The van der Waals surface area contributed by atoms with E-state index in [2.05, 4.69) is 61.0 Å². The first kappa shape index (κ1) is 16.1. The van der Waals surface area contributed by atoms with Gasteiger partial charge in [0.2, 0.25) is 0 Å². The molecule has 0 aromatic heterocycles. The van der Waals surface area contributed by atoms with E-state index < -0.39 is 0 Å². The van der Waals surface area contributed by atoms with Gasteiger partial charge in [0, 0.05) is 10.5 Å². The van der Waals surface area contributed by atoms with Crippen LogP contribution in [0, 0.1) is 13.8 Å². The van der Waals surface area contributed by atoms with Crippen molar-refractivity contribution in [3.05, 3.63) is 63.6 Å². The van der Waals surface area contributed by atoms with Crippen molar-refractivity contribution in [1.29, 1.82) is 0 Å². The minimum absolute atomic E-state index is 0.0408. The van der Waals surface area contributed by atoms with Gasteiger partial charge in [-0.25, -0.2) is 0 Å². The van der Waals surface area contributed by atoms with Crippen molar-refractivity contribution in [3.63, 3.8) is 0 Å². The molecule has 0 aliphatic rings. The molecule has 0 saturated heterocycles. The van der Waals surface area contributed by atoms with E-state index in [1.165, 1.54) is 11.1 Å². The summed E-state index contributed by atoms with van der Waals surface area (Å²) in [7, 11) is 0. The molecule has 2 N–H and O–H groups in total. The maximum Gasteiger partial charge on any atom is 0.139 e. The Morgan fingerprint density at radius 1 is 1.10 bits per heavy atom. The van der Waals surface area contributed by atoms with E-state index in [1.54, 1.807) is 0 Å². The Balaban J connectivity index is 2.30. The van der Waals surface area contributed by atoms with Gasteiger partial charge in [0.25, 0.3) is 0 Å². The van der Waals surface area contributed by atoms with Crippen molar-refractivity contribution >= 4 is 15.9 Å². The maximum absolute atomic E-state index is 6.27. The molecule has 2 unspecified atom stereocenters. The zero-order valence-corrected chi connectivity index (χ0v) is 14.4. The fourth-order valence-electron chi connectivity index (χ4n) is 2.23. The SMILES string of the molecule is CCC(N)C(Oc1ccc(C)c(C)c1)c1cccc(Br)c1. The van der Waals surface area contributed by atoms with Gasteiger partial charge in [-0.15, -0.1) is 0 Å². The van der Waals surface area contributed by atoms with Gasteiger partial charge in [-0.1, -0.05) is 41.1 Å². The van der Waals surface area contributed by atoms with Gasteiger partial charge in [0.05, 0.1) is 0 Å². The Morgan fingerprint density at radius 2 is 1.86 bits per heavy atom. The van der Waals surface area contributed by atoms with Crippen LogP contribution in [0.1, 0.15) is 36.1 Å². The zero-order valence-electron chi connectivity index (χ0n) is 12.8. The summed E-state index contributed by atoms with van der Waals surface area (Å²) in [5, 5.41) is 0. The van der Waals surface area contributed by atoms with E-state index in [4.69, 9.17) is 10.5 Å². The number of halogens is 1. The molecule has 0 spiro atoms. The summed E-state index contributed by atoms with van der Waals surface area (Å²) in [5.74, 6) is 0.868. The first-order chi connectivity index (χ1) is 10.0.